The Morgan fingerprint density at radius 2 is 2.20 bits per heavy atom. The molecule has 0 saturated carbocycles. The topological polar surface area (TPSA) is 55.8 Å². The number of carbonyl (C=O) groups excluding carboxylic acids is 1. The van der Waals surface area contributed by atoms with Crippen molar-refractivity contribution in [1.82, 2.24) is 0 Å². The van der Waals surface area contributed by atoms with Crippen LogP contribution in [-0.4, -0.2) is 36.5 Å². The standard InChI is InChI=1S/C11H20O4/c1-8(12)3-4-9-5-6-10(15-9)7-11(13)14-2/h8-10,12H,3-7H2,1-2H3/t8-,9?,10+/m1/s1. The fourth-order valence-electron chi connectivity index (χ4n) is 1.84. The zero-order valence-corrected chi connectivity index (χ0v) is 9.44. The van der Waals surface area contributed by atoms with Gasteiger partial charge in [-0.15, -0.1) is 0 Å². The minimum Gasteiger partial charge on any atom is -0.469 e. The molecule has 1 unspecified atom stereocenters. The van der Waals surface area contributed by atoms with E-state index in [0.29, 0.717) is 6.42 Å². The third kappa shape index (κ3) is 4.62. The lowest BCUT2D eigenvalue weighted by atomic mass is 10.1. The van der Waals surface area contributed by atoms with Gasteiger partial charge in [-0.25, -0.2) is 0 Å². The van der Waals surface area contributed by atoms with Gasteiger partial charge >= 0.3 is 5.97 Å². The number of aliphatic hydroxyl groups excluding tert-OH is 1. The van der Waals surface area contributed by atoms with E-state index in [1.54, 1.807) is 6.92 Å². The Hall–Kier alpha value is -0.610. The van der Waals surface area contributed by atoms with Crippen molar-refractivity contribution in [2.75, 3.05) is 7.11 Å². The molecule has 1 aliphatic rings. The molecule has 1 fully saturated rings. The summed E-state index contributed by atoms with van der Waals surface area (Å²) in [5.41, 5.74) is 0. The van der Waals surface area contributed by atoms with Crippen molar-refractivity contribution in [2.45, 2.75) is 57.3 Å². The van der Waals surface area contributed by atoms with E-state index in [-0.39, 0.29) is 24.3 Å². The Balaban J connectivity index is 2.18. The summed E-state index contributed by atoms with van der Waals surface area (Å²) >= 11 is 0. The van der Waals surface area contributed by atoms with Gasteiger partial charge in [0.2, 0.25) is 0 Å². The van der Waals surface area contributed by atoms with Crippen molar-refractivity contribution < 1.29 is 19.4 Å². The molecule has 4 nitrogen and oxygen atoms in total. The van der Waals surface area contributed by atoms with Crippen molar-refractivity contribution in [2.24, 2.45) is 0 Å². The maximum atomic E-state index is 11.0. The van der Waals surface area contributed by atoms with Gasteiger partial charge in [-0.2, -0.15) is 0 Å². The highest BCUT2D eigenvalue weighted by atomic mass is 16.5. The van der Waals surface area contributed by atoms with Crippen molar-refractivity contribution in [1.29, 1.82) is 0 Å². The van der Waals surface area contributed by atoms with Gasteiger partial charge in [0.25, 0.3) is 0 Å². The van der Waals surface area contributed by atoms with Crippen LogP contribution in [-0.2, 0) is 14.3 Å². The van der Waals surface area contributed by atoms with Gasteiger partial charge in [-0.1, -0.05) is 0 Å². The molecular weight excluding hydrogens is 196 g/mol. The highest BCUT2D eigenvalue weighted by Crippen LogP contribution is 2.25. The van der Waals surface area contributed by atoms with Gasteiger partial charge in [0.05, 0.1) is 31.8 Å². The molecule has 0 bridgehead atoms. The number of carbonyl (C=O) groups is 1. The van der Waals surface area contributed by atoms with Crippen molar-refractivity contribution in [3.63, 3.8) is 0 Å². The van der Waals surface area contributed by atoms with Gasteiger partial charge in [0.1, 0.15) is 0 Å². The molecule has 0 aliphatic carbocycles. The van der Waals surface area contributed by atoms with Gasteiger partial charge in [0, 0.05) is 0 Å². The van der Waals surface area contributed by atoms with Gasteiger partial charge in [-0.05, 0) is 32.6 Å². The molecule has 0 amide bonds. The van der Waals surface area contributed by atoms with E-state index in [1.807, 2.05) is 0 Å². The molecule has 1 aliphatic heterocycles. The largest absolute Gasteiger partial charge is 0.469 e. The summed E-state index contributed by atoms with van der Waals surface area (Å²) in [4.78, 5) is 11.0. The fraction of sp³-hybridized carbons (Fsp3) is 0.909. The monoisotopic (exact) mass is 216 g/mol. The summed E-state index contributed by atoms with van der Waals surface area (Å²) in [6, 6.07) is 0. The molecule has 0 radical (unpaired) electrons. The number of hydrogen-bond donors (Lipinski definition) is 1. The average molecular weight is 216 g/mol. The summed E-state index contributed by atoms with van der Waals surface area (Å²) in [6.45, 7) is 1.78. The lowest BCUT2D eigenvalue weighted by Crippen LogP contribution is -2.17. The van der Waals surface area contributed by atoms with E-state index in [0.717, 1.165) is 25.7 Å². The van der Waals surface area contributed by atoms with Crippen LogP contribution in [0.15, 0.2) is 0 Å². The second-order valence-corrected chi connectivity index (χ2v) is 4.16. The Morgan fingerprint density at radius 1 is 1.53 bits per heavy atom. The number of ether oxygens (including phenoxy) is 2. The summed E-state index contributed by atoms with van der Waals surface area (Å²) in [6.07, 6.45) is 3.82. The van der Waals surface area contributed by atoms with Crippen LogP contribution in [0.1, 0.15) is 39.0 Å². The second kappa shape index (κ2) is 6.08. The quantitative estimate of drug-likeness (QED) is 0.703. The number of esters is 1. The molecule has 1 N–H and O–H groups in total. The SMILES string of the molecule is COC(=O)C[C@@H]1CCC(CC[C@@H](C)O)O1. The van der Waals surface area contributed by atoms with Crippen molar-refractivity contribution in [3.8, 4) is 0 Å². The first-order chi connectivity index (χ1) is 7.11. The molecule has 1 rings (SSSR count). The molecule has 3 atom stereocenters. The molecule has 88 valence electrons. The van der Waals surface area contributed by atoms with E-state index in [2.05, 4.69) is 4.74 Å². The zero-order chi connectivity index (χ0) is 11.3. The van der Waals surface area contributed by atoms with Crippen LogP contribution in [0.25, 0.3) is 0 Å². The minimum absolute atomic E-state index is 0.0106. The first kappa shape index (κ1) is 12.5. The zero-order valence-electron chi connectivity index (χ0n) is 9.44. The summed E-state index contributed by atoms with van der Waals surface area (Å²) in [5.74, 6) is -0.212. The smallest absolute Gasteiger partial charge is 0.308 e. The maximum absolute atomic E-state index is 11.0. The van der Waals surface area contributed by atoms with E-state index in [9.17, 15) is 4.79 Å². The maximum Gasteiger partial charge on any atom is 0.308 e. The third-order valence-electron chi connectivity index (χ3n) is 2.72. The molecule has 0 spiro atoms. The van der Waals surface area contributed by atoms with Crippen LogP contribution in [0.4, 0.5) is 0 Å². The Bertz CT molecular complexity index is 203. The molecule has 1 heterocycles. The summed E-state index contributed by atoms with van der Waals surface area (Å²) in [5, 5.41) is 9.13. The lowest BCUT2D eigenvalue weighted by Gasteiger charge is -2.13. The first-order valence-corrected chi connectivity index (χ1v) is 5.52. The number of methoxy groups -OCH3 is 1. The molecule has 0 aromatic heterocycles. The number of rotatable bonds is 5. The second-order valence-electron chi connectivity index (χ2n) is 4.16. The Labute approximate surface area is 90.6 Å². The van der Waals surface area contributed by atoms with E-state index in [4.69, 9.17) is 9.84 Å². The predicted octanol–water partition coefficient (Wildman–Crippen LogP) is 1.26. The molecule has 0 aromatic carbocycles. The molecule has 15 heavy (non-hydrogen) atoms. The molecule has 4 heteroatoms. The van der Waals surface area contributed by atoms with Crippen molar-refractivity contribution >= 4 is 5.97 Å². The van der Waals surface area contributed by atoms with Gasteiger partial charge < -0.3 is 14.6 Å². The van der Waals surface area contributed by atoms with Crippen LogP contribution in [0.5, 0.6) is 0 Å². The third-order valence-corrected chi connectivity index (χ3v) is 2.72. The van der Waals surface area contributed by atoms with Crippen LogP contribution in [0.2, 0.25) is 0 Å². The molecule has 1 saturated heterocycles. The van der Waals surface area contributed by atoms with Gasteiger partial charge in [-0.3, -0.25) is 4.79 Å². The summed E-state index contributed by atoms with van der Waals surface area (Å²) in [7, 11) is 1.39. The first-order valence-electron chi connectivity index (χ1n) is 5.52. The van der Waals surface area contributed by atoms with Crippen LogP contribution in [0.3, 0.4) is 0 Å². The molecular formula is C11H20O4. The van der Waals surface area contributed by atoms with E-state index >= 15 is 0 Å². The number of hydrogen-bond acceptors (Lipinski definition) is 4. The normalized spacial score (nSPS) is 27.7. The van der Waals surface area contributed by atoms with Gasteiger partial charge in [0.15, 0.2) is 0 Å². The highest BCUT2D eigenvalue weighted by molar-refractivity contribution is 5.69. The fourth-order valence-corrected chi connectivity index (χ4v) is 1.84. The number of aliphatic hydroxyl groups is 1. The van der Waals surface area contributed by atoms with Crippen LogP contribution < -0.4 is 0 Å². The lowest BCUT2D eigenvalue weighted by molar-refractivity contribution is -0.143. The highest BCUT2D eigenvalue weighted by Gasteiger charge is 2.27. The van der Waals surface area contributed by atoms with Crippen molar-refractivity contribution in [3.05, 3.63) is 0 Å². The van der Waals surface area contributed by atoms with Crippen LogP contribution in [0, 0.1) is 0 Å². The Morgan fingerprint density at radius 3 is 2.80 bits per heavy atom. The van der Waals surface area contributed by atoms with E-state index < -0.39 is 0 Å². The minimum atomic E-state index is -0.270. The summed E-state index contributed by atoms with van der Waals surface area (Å²) < 4.78 is 10.3. The Kier molecular flexibility index (Phi) is 5.05. The average Bonchev–Trinajstić information content (AvgIpc) is 2.62. The van der Waals surface area contributed by atoms with Crippen LogP contribution >= 0.6 is 0 Å². The van der Waals surface area contributed by atoms with E-state index in [1.165, 1.54) is 7.11 Å². The predicted molar refractivity (Wildman–Crippen MR) is 55.4 cm³/mol. The molecule has 0 aromatic rings.